The molecule has 0 radical (unpaired) electrons. The Morgan fingerprint density at radius 2 is 2.10 bits per heavy atom. The topological polar surface area (TPSA) is 71.6 Å². The molecule has 6 heteroatoms. The molecule has 6 nitrogen and oxygen atoms in total. The highest BCUT2D eigenvalue weighted by molar-refractivity contribution is 5.04. The van der Waals surface area contributed by atoms with Crippen LogP contribution in [0.1, 0.15) is 62.7 Å². The number of hydrogen-bond donors (Lipinski definition) is 1. The van der Waals surface area contributed by atoms with Gasteiger partial charge in [0, 0.05) is 32.2 Å². The molecule has 3 rings (SSSR count). The van der Waals surface area contributed by atoms with Crippen molar-refractivity contribution < 1.29 is 14.4 Å². The van der Waals surface area contributed by atoms with Crippen molar-refractivity contribution in [3.63, 3.8) is 0 Å². The Morgan fingerprint density at radius 3 is 2.76 bits per heavy atom. The molecule has 1 atom stereocenters. The molecule has 0 amide bonds. The fourth-order valence-corrected chi connectivity index (χ4v) is 2.82. The molecule has 1 aromatic rings. The molecule has 1 N–H and O–H groups in total. The Labute approximate surface area is 125 Å². The number of aliphatic hydroxyl groups is 1. The summed E-state index contributed by atoms with van der Waals surface area (Å²) in [4.78, 5) is 6.93. The van der Waals surface area contributed by atoms with E-state index in [0.717, 1.165) is 44.1 Å². The number of aliphatic hydroxyl groups excluding tert-OH is 1. The van der Waals surface area contributed by atoms with Gasteiger partial charge in [0.25, 0.3) is 0 Å². The molecule has 2 fully saturated rings. The summed E-state index contributed by atoms with van der Waals surface area (Å²) >= 11 is 0. The molecule has 1 saturated carbocycles. The van der Waals surface area contributed by atoms with Crippen LogP contribution in [0.15, 0.2) is 4.52 Å². The molecule has 1 saturated heterocycles. The predicted octanol–water partition coefficient (Wildman–Crippen LogP) is 1.87. The molecule has 0 bridgehead atoms. The van der Waals surface area contributed by atoms with E-state index in [1.54, 1.807) is 0 Å². The van der Waals surface area contributed by atoms with E-state index in [4.69, 9.17) is 14.4 Å². The summed E-state index contributed by atoms with van der Waals surface area (Å²) in [6.45, 7) is 4.98. The Kier molecular flexibility index (Phi) is 4.87. The van der Waals surface area contributed by atoms with Gasteiger partial charge < -0.3 is 14.4 Å². The van der Waals surface area contributed by atoms with E-state index in [0.29, 0.717) is 18.6 Å². The lowest BCUT2D eigenvalue weighted by Crippen LogP contribution is -2.38. The number of hydrogen-bond acceptors (Lipinski definition) is 6. The molecule has 118 valence electrons. The minimum Gasteiger partial charge on any atom is -0.396 e. The van der Waals surface area contributed by atoms with Gasteiger partial charge in [-0.3, -0.25) is 4.90 Å². The average molecular weight is 295 g/mol. The van der Waals surface area contributed by atoms with Crippen LogP contribution in [-0.4, -0.2) is 52.6 Å². The molecule has 0 aromatic carbocycles. The average Bonchev–Trinajstić information content (AvgIpc) is 3.25. The molecular formula is C15H25N3O3. The molecule has 1 aliphatic heterocycles. The summed E-state index contributed by atoms with van der Waals surface area (Å²) in [5.74, 6) is 2.18. The van der Waals surface area contributed by atoms with Crippen LogP contribution >= 0.6 is 0 Å². The van der Waals surface area contributed by atoms with Crippen LogP contribution in [0.5, 0.6) is 0 Å². The van der Waals surface area contributed by atoms with Gasteiger partial charge >= 0.3 is 0 Å². The lowest BCUT2D eigenvalue weighted by Gasteiger charge is -2.34. The van der Waals surface area contributed by atoms with Crippen molar-refractivity contribution in [1.29, 1.82) is 0 Å². The summed E-state index contributed by atoms with van der Waals surface area (Å²) in [5.41, 5.74) is 0. The maximum Gasteiger partial charge on any atom is 0.243 e. The molecular weight excluding hydrogens is 270 g/mol. The fourth-order valence-electron chi connectivity index (χ4n) is 2.82. The van der Waals surface area contributed by atoms with Crippen molar-refractivity contribution in [3.05, 3.63) is 11.7 Å². The minimum atomic E-state index is 0.184. The van der Waals surface area contributed by atoms with Crippen molar-refractivity contribution in [2.75, 3.05) is 26.3 Å². The second kappa shape index (κ2) is 6.85. The van der Waals surface area contributed by atoms with Crippen LogP contribution in [0.25, 0.3) is 0 Å². The number of likely N-dealkylation sites (tertiary alicyclic amines) is 1. The normalized spacial score (nSPS) is 22.6. The van der Waals surface area contributed by atoms with Gasteiger partial charge in [-0.05, 0) is 39.0 Å². The zero-order valence-electron chi connectivity index (χ0n) is 12.7. The summed E-state index contributed by atoms with van der Waals surface area (Å²) in [5, 5.41) is 12.9. The third kappa shape index (κ3) is 3.81. The van der Waals surface area contributed by atoms with Crippen molar-refractivity contribution >= 4 is 0 Å². The zero-order valence-corrected chi connectivity index (χ0v) is 12.7. The Bertz CT molecular complexity index is 439. The number of piperidine rings is 1. The third-order valence-electron chi connectivity index (χ3n) is 4.44. The lowest BCUT2D eigenvalue weighted by molar-refractivity contribution is -0.00786. The van der Waals surface area contributed by atoms with Gasteiger partial charge in [-0.2, -0.15) is 4.98 Å². The highest BCUT2D eigenvalue weighted by Crippen LogP contribution is 2.38. The van der Waals surface area contributed by atoms with E-state index in [1.165, 1.54) is 12.8 Å². The first-order chi connectivity index (χ1) is 10.3. The summed E-state index contributed by atoms with van der Waals surface area (Å²) < 4.78 is 11.2. The Balaban J connectivity index is 1.46. The SMILES string of the molecule is CC(c1nc(C2CC2)no1)N1CCC(OCCCO)CC1. The van der Waals surface area contributed by atoms with E-state index in [2.05, 4.69) is 22.0 Å². The van der Waals surface area contributed by atoms with Crippen LogP contribution in [0.4, 0.5) is 0 Å². The van der Waals surface area contributed by atoms with Crippen LogP contribution < -0.4 is 0 Å². The quantitative estimate of drug-likeness (QED) is 0.774. The third-order valence-corrected chi connectivity index (χ3v) is 4.44. The van der Waals surface area contributed by atoms with Crippen LogP contribution in [0.3, 0.4) is 0 Å². The van der Waals surface area contributed by atoms with Gasteiger partial charge in [0.15, 0.2) is 5.82 Å². The summed E-state index contributed by atoms with van der Waals surface area (Å²) in [7, 11) is 0. The predicted molar refractivity (Wildman–Crippen MR) is 76.9 cm³/mol. The largest absolute Gasteiger partial charge is 0.396 e. The fraction of sp³-hybridized carbons (Fsp3) is 0.867. The summed E-state index contributed by atoms with van der Waals surface area (Å²) in [6, 6.07) is 0.184. The standard InChI is InChI=1S/C15H25N3O3/c1-11(15-16-14(17-21-15)12-3-4-12)18-7-5-13(6-8-18)20-10-2-9-19/h11-13,19H,2-10H2,1H3. The first-order valence-electron chi connectivity index (χ1n) is 8.08. The van der Waals surface area contributed by atoms with Gasteiger partial charge in [0.2, 0.25) is 5.89 Å². The van der Waals surface area contributed by atoms with E-state index in [9.17, 15) is 0 Å². The van der Waals surface area contributed by atoms with Crippen LogP contribution in [0.2, 0.25) is 0 Å². The van der Waals surface area contributed by atoms with Crippen LogP contribution in [0, 0.1) is 0 Å². The van der Waals surface area contributed by atoms with Crippen molar-refractivity contribution in [3.8, 4) is 0 Å². The van der Waals surface area contributed by atoms with E-state index in [1.807, 2.05) is 0 Å². The second-order valence-corrected chi connectivity index (χ2v) is 6.12. The molecule has 1 unspecified atom stereocenters. The number of rotatable bonds is 7. The van der Waals surface area contributed by atoms with Crippen molar-refractivity contribution in [2.45, 2.75) is 57.1 Å². The lowest BCUT2D eigenvalue weighted by atomic mass is 10.1. The van der Waals surface area contributed by atoms with Crippen molar-refractivity contribution in [2.24, 2.45) is 0 Å². The van der Waals surface area contributed by atoms with E-state index in [-0.39, 0.29) is 12.6 Å². The molecule has 0 spiro atoms. The second-order valence-electron chi connectivity index (χ2n) is 6.12. The Hall–Kier alpha value is -0.980. The van der Waals surface area contributed by atoms with Crippen molar-refractivity contribution in [1.82, 2.24) is 15.0 Å². The molecule has 1 aliphatic carbocycles. The highest BCUT2D eigenvalue weighted by Gasteiger charge is 2.31. The number of ether oxygens (including phenoxy) is 1. The van der Waals surface area contributed by atoms with Gasteiger partial charge in [-0.1, -0.05) is 5.16 Å². The monoisotopic (exact) mass is 295 g/mol. The van der Waals surface area contributed by atoms with Gasteiger partial charge in [-0.15, -0.1) is 0 Å². The first kappa shape index (κ1) is 14.9. The van der Waals surface area contributed by atoms with E-state index < -0.39 is 0 Å². The molecule has 2 heterocycles. The summed E-state index contributed by atoms with van der Waals surface area (Å²) in [6.07, 6.45) is 5.50. The minimum absolute atomic E-state index is 0.184. The highest BCUT2D eigenvalue weighted by atomic mass is 16.5. The van der Waals surface area contributed by atoms with Gasteiger partial charge in [-0.25, -0.2) is 0 Å². The van der Waals surface area contributed by atoms with E-state index >= 15 is 0 Å². The zero-order chi connectivity index (χ0) is 14.7. The maximum absolute atomic E-state index is 8.77. The Morgan fingerprint density at radius 1 is 1.33 bits per heavy atom. The number of aromatic nitrogens is 2. The smallest absolute Gasteiger partial charge is 0.243 e. The molecule has 21 heavy (non-hydrogen) atoms. The van der Waals surface area contributed by atoms with Gasteiger partial charge in [0.05, 0.1) is 12.1 Å². The molecule has 1 aromatic heterocycles. The first-order valence-corrected chi connectivity index (χ1v) is 8.08. The van der Waals surface area contributed by atoms with Gasteiger partial charge in [0.1, 0.15) is 0 Å². The molecule has 2 aliphatic rings. The van der Waals surface area contributed by atoms with Crippen LogP contribution in [-0.2, 0) is 4.74 Å². The maximum atomic E-state index is 8.77. The number of nitrogens with zero attached hydrogens (tertiary/aromatic N) is 3.